The molecule has 0 radical (unpaired) electrons. The van der Waals surface area contributed by atoms with E-state index in [9.17, 15) is 4.79 Å². The first kappa shape index (κ1) is 17.2. The highest BCUT2D eigenvalue weighted by atomic mass is 16.2. The van der Waals surface area contributed by atoms with Gasteiger partial charge in [0.2, 0.25) is 0 Å². The molecule has 1 fully saturated rings. The minimum Gasteiger partial charge on any atom is -0.336 e. The van der Waals surface area contributed by atoms with Crippen molar-refractivity contribution < 1.29 is 4.79 Å². The summed E-state index contributed by atoms with van der Waals surface area (Å²) in [6.07, 6.45) is 1.90. The highest BCUT2D eigenvalue weighted by Gasteiger charge is 2.28. The molecule has 6 nitrogen and oxygen atoms in total. The Bertz CT molecular complexity index is 757. The zero-order valence-electron chi connectivity index (χ0n) is 15.4. The molecule has 138 valence electrons. The molecule has 2 N–H and O–H groups in total. The number of aromatic amines is 1. The summed E-state index contributed by atoms with van der Waals surface area (Å²) in [5.41, 5.74) is 4.10. The Morgan fingerprint density at radius 3 is 2.92 bits per heavy atom. The largest absolute Gasteiger partial charge is 0.336 e. The predicted octanol–water partition coefficient (Wildman–Crippen LogP) is 1.79. The summed E-state index contributed by atoms with van der Waals surface area (Å²) in [6, 6.07) is 11.0. The van der Waals surface area contributed by atoms with Crippen molar-refractivity contribution in [2.45, 2.75) is 38.9 Å². The smallest absolute Gasteiger partial charge is 0.274 e. The monoisotopic (exact) mass is 353 g/mol. The van der Waals surface area contributed by atoms with Crippen molar-refractivity contribution in [3.63, 3.8) is 0 Å². The van der Waals surface area contributed by atoms with E-state index in [1.54, 1.807) is 0 Å². The normalized spacial score (nSPS) is 21.3. The van der Waals surface area contributed by atoms with E-state index in [4.69, 9.17) is 0 Å². The van der Waals surface area contributed by atoms with Crippen LogP contribution in [0.2, 0.25) is 0 Å². The molecule has 1 amide bonds. The van der Waals surface area contributed by atoms with Gasteiger partial charge in [0.1, 0.15) is 0 Å². The van der Waals surface area contributed by atoms with Crippen LogP contribution in [-0.2, 0) is 19.5 Å². The number of benzene rings is 1. The first-order chi connectivity index (χ1) is 12.7. The molecule has 1 aromatic heterocycles. The summed E-state index contributed by atoms with van der Waals surface area (Å²) >= 11 is 0. The van der Waals surface area contributed by atoms with Gasteiger partial charge < -0.3 is 10.2 Å². The second-order valence-electron chi connectivity index (χ2n) is 7.34. The standard InChI is InChI=1S/C20H27N5O/c1-15-8-10-24(11-12-25(15)14-16-5-3-2-4-6-16)20(26)19-17-13-21-9-7-18(17)22-23-19/h2-6,15,21H,7-14H2,1H3,(H,22,23). The van der Waals surface area contributed by atoms with E-state index in [1.807, 2.05) is 4.90 Å². The predicted molar refractivity (Wildman–Crippen MR) is 101 cm³/mol. The number of hydrogen-bond donors (Lipinski definition) is 2. The van der Waals surface area contributed by atoms with Crippen molar-refractivity contribution in [2.75, 3.05) is 26.2 Å². The summed E-state index contributed by atoms with van der Waals surface area (Å²) in [6.45, 7) is 7.32. The molecule has 1 saturated heterocycles. The molecular formula is C20H27N5O. The van der Waals surface area contributed by atoms with Crippen LogP contribution in [0.3, 0.4) is 0 Å². The highest BCUT2D eigenvalue weighted by Crippen LogP contribution is 2.20. The zero-order chi connectivity index (χ0) is 17.9. The van der Waals surface area contributed by atoms with E-state index in [0.717, 1.165) is 63.4 Å². The zero-order valence-corrected chi connectivity index (χ0v) is 15.4. The number of aromatic nitrogens is 2. The van der Waals surface area contributed by atoms with E-state index in [1.165, 1.54) is 5.56 Å². The lowest BCUT2D eigenvalue weighted by atomic mass is 10.1. The lowest BCUT2D eigenvalue weighted by molar-refractivity contribution is 0.0754. The van der Waals surface area contributed by atoms with Crippen molar-refractivity contribution >= 4 is 5.91 Å². The van der Waals surface area contributed by atoms with Crippen LogP contribution >= 0.6 is 0 Å². The summed E-state index contributed by atoms with van der Waals surface area (Å²) < 4.78 is 0. The number of hydrogen-bond acceptors (Lipinski definition) is 4. The highest BCUT2D eigenvalue weighted by molar-refractivity contribution is 5.94. The van der Waals surface area contributed by atoms with Gasteiger partial charge in [-0.2, -0.15) is 5.10 Å². The molecule has 3 heterocycles. The Kier molecular flexibility index (Phi) is 5.04. The topological polar surface area (TPSA) is 64.3 Å². The van der Waals surface area contributed by atoms with Gasteiger partial charge in [0, 0.05) is 63.0 Å². The molecule has 26 heavy (non-hydrogen) atoms. The van der Waals surface area contributed by atoms with Crippen LogP contribution in [0, 0.1) is 0 Å². The molecule has 0 aliphatic carbocycles. The number of nitrogens with one attached hydrogen (secondary N) is 2. The first-order valence-electron chi connectivity index (χ1n) is 9.56. The molecule has 2 aliphatic rings. The Labute approximate surface area is 154 Å². The Morgan fingerprint density at radius 1 is 1.23 bits per heavy atom. The van der Waals surface area contributed by atoms with Crippen LogP contribution in [0.5, 0.6) is 0 Å². The Morgan fingerprint density at radius 2 is 2.08 bits per heavy atom. The molecule has 2 aliphatic heterocycles. The molecule has 6 heteroatoms. The lowest BCUT2D eigenvalue weighted by Gasteiger charge is -2.26. The number of H-pyrrole nitrogens is 1. The minimum atomic E-state index is 0.0694. The van der Waals surface area contributed by atoms with Gasteiger partial charge in [0.15, 0.2) is 5.69 Å². The molecule has 1 unspecified atom stereocenters. The molecule has 1 atom stereocenters. The van der Waals surface area contributed by atoms with E-state index < -0.39 is 0 Å². The molecule has 0 saturated carbocycles. The molecular weight excluding hydrogens is 326 g/mol. The van der Waals surface area contributed by atoms with E-state index >= 15 is 0 Å². The molecule has 1 aromatic carbocycles. The van der Waals surface area contributed by atoms with Crippen LogP contribution in [-0.4, -0.2) is 58.1 Å². The van der Waals surface area contributed by atoms with E-state index in [-0.39, 0.29) is 5.91 Å². The quantitative estimate of drug-likeness (QED) is 0.883. The van der Waals surface area contributed by atoms with Gasteiger partial charge >= 0.3 is 0 Å². The third-order valence-electron chi connectivity index (χ3n) is 5.62. The maximum atomic E-state index is 13.1. The number of carbonyl (C=O) groups excluding carboxylic acids is 1. The first-order valence-corrected chi connectivity index (χ1v) is 9.56. The van der Waals surface area contributed by atoms with Crippen molar-refractivity contribution in [3.05, 3.63) is 52.8 Å². The van der Waals surface area contributed by atoms with Crippen molar-refractivity contribution in [3.8, 4) is 0 Å². The Balaban J connectivity index is 1.44. The van der Waals surface area contributed by atoms with Crippen molar-refractivity contribution in [2.24, 2.45) is 0 Å². The molecule has 4 rings (SSSR count). The number of nitrogens with zero attached hydrogens (tertiary/aromatic N) is 3. The molecule has 0 spiro atoms. The van der Waals surface area contributed by atoms with Gasteiger partial charge in [-0.15, -0.1) is 0 Å². The minimum absolute atomic E-state index is 0.0694. The third-order valence-corrected chi connectivity index (χ3v) is 5.62. The number of fused-ring (bicyclic) bond motifs is 1. The maximum Gasteiger partial charge on any atom is 0.274 e. The van der Waals surface area contributed by atoms with E-state index in [0.29, 0.717) is 11.7 Å². The van der Waals surface area contributed by atoms with Gasteiger partial charge in [-0.25, -0.2) is 0 Å². The fraction of sp³-hybridized carbons (Fsp3) is 0.500. The van der Waals surface area contributed by atoms with Gasteiger partial charge in [-0.3, -0.25) is 14.8 Å². The SMILES string of the molecule is CC1CCN(C(=O)c2n[nH]c3c2CNCC3)CCN1Cc1ccccc1. The fourth-order valence-corrected chi connectivity index (χ4v) is 3.91. The molecule has 2 aromatic rings. The van der Waals surface area contributed by atoms with Gasteiger partial charge in [-0.1, -0.05) is 30.3 Å². The maximum absolute atomic E-state index is 13.1. The van der Waals surface area contributed by atoms with Gasteiger partial charge in [-0.05, 0) is 18.9 Å². The summed E-state index contributed by atoms with van der Waals surface area (Å²) in [4.78, 5) is 17.5. The van der Waals surface area contributed by atoms with Crippen molar-refractivity contribution in [1.29, 1.82) is 0 Å². The average molecular weight is 353 g/mol. The second-order valence-corrected chi connectivity index (χ2v) is 7.34. The summed E-state index contributed by atoms with van der Waals surface area (Å²) in [5, 5.41) is 10.7. The lowest BCUT2D eigenvalue weighted by Crippen LogP contribution is -2.37. The van der Waals surface area contributed by atoms with Gasteiger partial charge in [0.05, 0.1) is 0 Å². The fourth-order valence-electron chi connectivity index (χ4n) is 3.91. The van der Waals surface area contributed by atoms with Crippen LogP contribution < -0.4 is 5.32 Å². The Hall–Kier alpha value is -2.18. The molecule has 0 bridgehead atoms. The number of carbonyl (C=O) groups is 1. The summed E-state index contributed by atoms with van der Waals surface area (Å²) in [5.74, 6) is 0.0694. The van der Waals surface area contributed by atoms with E-state index in [2.05, 4.69) is 57.7 Å². The summed E-state index contributed by atoms with van der Waals surface area (Å²) in [7, 11) is 0. The van der Waals surface area contributed by atoms with Crippen LogP contribution in [0.25, 0.3) is 0 Å². The van der Waals surface area contributed by atoms with Crippen molar-refractivity contribution in [1.82, 2.24) is 25.3 Å². The second kappa shape index (κ2) is 7.60. The number of rotatable bonds is 3. The van der Waals surface area contributed by atoms with Gasteiger partial charge in [0.25, 0.3) is 5.91 Å². The van der Waals surface area contributed by atoms with Crippen LogP contribution in [0.4, 0.5) is 0 Å². The third kappa shape index (κ3) is 3.52. The average Bonchev–Trinajstić information content (AvgIpc) is 3.02. The number of amides is 1. The van der Waals surface area contributed by atoms with Crippen LogP contribution in [0.1, 0.15) is 40.7 Å². The van der Waals surface area contributed by atoms with Crippen LogP contribution in [0.15, 0.2) is 30.3 Å².